The lowest BCUT2D eigenvalue weighted by atomic mass is 10.1. The minimum atomic E-state index is -0.396. The number of carbonyl (C=O) groups is 1. The molecule has 0 bridgehead atoms. The molecule has 0 saturated heterocycles. The number of anilines is 2. The zero-order chi connectivity index (χ0) is 10.8. The van der Waals surface area contributed by atoms with Gasteiger partial charge in [0, 0.05) is 6.04 Å². The largest absolute Gasteiger partial charge is 0.465 e. The SMILES string of the molecule is COC(=O)c1cccc(NC2CC2)c1N. The Bertz CT molecular complexity index is 386. The fourth-order valence-corrected chi connectivity index (χ4v) is 1.43. The number of benzene rings is 1. The minimum absolute atomic E-state index is 0.396. The average molecular weight is 206 g/mol. The Morgan fingerprint density at radius 1 is 1.53 bits per heavy atom. The maximum absolute atomic E-state index is 11.4. The van der Waals surface area contributed by atoms with Crippen LogP contribution in [0.25, 0.3) is 0 Å². The molecule has 0 atom stereocenters. The highest BCUT2D eigenvalue weighted by molar-refractivity contribution is 5.98. The van der Waals surface area contributed by atoms with E-state index in [2.05, 4.69) is 10.1 Å². The van der Waals surface area contributed by atoms with Gasteiger partial charge in [0.2, 0.25) is 0 Å². The molecule has 3 N–H and O–H groups in total. The van der Waals surface area contributed by atoms with Crippen LogP contribution in [-0.4, -0.2) is 19.1 Å². The van der Waals surface area contributed by atoms with Gasteiger partial charge in [-0.2, -0.15) is 0 Å². The number of esters is 1. The average Bonchev–Trinajstić information content (AvgIpc) is 3.04. The summed E-state index contributed by atoms with van der Waals surface area (Å²) in [4.78, 5) is 11.4. The first-order valence-electron chi connectivity index (χ1n) is 4.95. The highest BCUT2D eigenvalue weighted by atomic mass is 16.5. The normalized spacial score (nSPS) is 14.7. The minimum Gasteiger partial charge on any atom is -0.465 e. The Morgan fingerprint density at radius 2 is 2.27 bits per heavy atom. The number of methoxy groups -OCH3 is 1. The van der Waals surface area contributed by atoms with Crippen LogP contribution in [0.1, 0.15) is 23.2 Å². The van der Waals surface area contributed by atoms with Gasteiger partial charge in [-0.3, -0.25) is 0 Å². The number of nitrogen functional groups attached to an aromatic ring is 1. The predicted molar refractivity (Wildman–Crippen MR) is 58.8 cm³/mol. The van der Waals surface area contributed by atoms with E-state index in [9.17, 15) is 4.79 Å². The van der Waals surface area contributed by atoms with Crippen molar-refractivity contribution < 1.29 is 9.53 Å². The monoisotopic (exact) mass is 206 g/mol. The van der Waals surface area contributed by atoms with Gasteiger partial charge in [0.15, 0.2) is 0 Å². The van der Waals surface area contributed by atoms with Crippen molar-refractivity contribution in [3.8, 4) is 0 Å². The molecule has 4 heteroatoms. The van der Waals surface area contributed by atoms with E-state index in [4.69, 9.17) is 5.73 Å². The van der Waals surface area contributed by atoms with E-state index in [-0.39, 0.29) is 0 Å². The van der Waals surface area contributed by atoms with Gasteiger partial charge >= 0.3 is 5.97 Å². The van der Waals surface area contributed by atoms with Crippen LogP contribution in [0.2, 0.25) is 0 Å². The van der Waals surface area contributed by atoms with Crippen LogP contribution in [0, 0.1) is 0 Å². The van der Waals surface area contributed by atoms with Gasteiger partial charge < -0.3 is 15.8 Å². The number of ether oxygens (including phenoxy) is 1. The Labute approximate surface area is 88.4 Å². The molecule has 0 unspecified atom stereocenters. The number of nitrogens with two attached hydrogens (primary N) is 1. The maximum Gasteiger partial charge on any atom is 0.340 e. The quantitative estimate of drug-likeness (QED) is 0.582. The van der Waals surface area contributed by atoms with E-state index in [0.29, 0.717) is 17.3 Å². The third-order valence-corrected chi connectivity index (χ3v) is 2.45. The van der Waals surface area contributed by atoms with E-state index in [1.54, 1.807) is 12.1 Å². The third kappa shape index (κ3) is 2.03. The summed E-state index contributed by atoms with van der Waals surface area (Å²) in [5.41, 5.74) is 7.58. The van der Waals surface area contributed by atoms with Crippen LogP contribution >= 0.6 is 0 Å². The second kappa shape index (κ2) is 3.81. The molecule has 0 heterocycles. The Hall–Kier alpha value is -1.71. The number of hydrogen-bond acceptors (Lipinski definition) is 4. The molecule has 0 amide bonds. The van der Waals surface area contributed by atoms with E-state index < -0.39 is 5.97 Å². The lowest BCUT2D eigenvalue weighted by Gasteiger charge is -2.10. The molecule has 0 spiro atoms. The zero-order valence-corrected chi connectivity index (χ0v) is 8.62. The summed E-state index contributed by atoms with van der Waals surface area (Å²) in [5, 5.41) is 3.27. The molecule has 80 valence electrons. The molecule has 1 aromatic rings. The second-order valence-electron chi connectivity index (χ2n) is 3.68. The summed E-state index contributed by atoms with van der Waals surface area (Å²) in [5.74, 6) is -0.396. The van der Waals surface area contributed by atoms with E-state index >= 15 is 0 Å². The molecule has 0 aromatic heterocycles. The zero-order valence-electron chi connectivity index (χ0n) is 8.62. The molecular weight excluding hydrogens is 192 g/mol. The van der Waals surface area contributed by atoms with Gasteiger partial charge in [-0.1, -0.05) is 6.07 Å². The molecule has 4 nitrogen and oxygen atoms in total. The molecule has 15 heavy (non-hydrogen) atoms. The topological polar surface area (TPSA) is 64.3 Å². The summed E-state index contributed by atoms with van der Waals surface area (Å²) >= 11 is 0. The van der Waals surface area contributed by atoms with Crippen LogP contribution < -0.4 is 11.1 Å². The first-order valence-corrected chi connectivity index (χ1v) is 4.95. The van der Waals surface area contributed by atoms with Crippen molar-refractivity contribution in [1.82, 2.24) is 0 Å². The summed E-state index contributed by atoms with van der Waals surface area (Å²) in [6.07, 6.45) is 2.34. The van der Waals surface area contributed by atoms with Gasteiger partial charge in [-0.15, -0.1) is 0 Å². The summed E-state index contributed by atoms with van der Waals surface area (Å²) in [7, 11) is 1.35. The molecule has 2 rings (SSSR count). The van der Waals surface area contributed by atoms with Crippen LogP contribution in [-0.2, 0) is 4.74 Å². The van der Waals surface area contributed by atoms with Crippen molar-refractivity contribution in [2.75, 3.05) is 18.2 Å². The smallest absolute Gasteiger partial charge is 0.340 e. The van der Waals surface area contributed by atoms with Crippen molar-refractivity contribution in [2.24, 2.45) is 0 Å². The van der Waals surface area contributed by atoms with Gasteiger partial charge in [0.1, 0.15) is 0 Å². The van der Waals surface area contributed by atoms with Gasteiger partial charge in [0.25, 0.3) is 0 Å². The molecule has 0 radical (unpaired) electrons. The maximum atomic E-state index is 11.4. The molecular formula is C11H14N2O2. The van der Waals surface area contributed by atoms with Crippen molar-refractivity contribution >= 4 is 17.3 Å². The number of nitrogens with one attached hydrogen (secondary N) is 1. The second-order valence-corrected chi connectivity index (χ2v) is 3.68. The molecule has 1 fully saturated rings. The first kappa shape index (κ1) is 9.83. The fraction of sp³-hybridized carbons (Fsp3) is 0.364. The lowest BCUT2D eigenvalue weighted by Crippen LogP contribution is -2.10. The van der Waals surface area contributed by atoms with Crippen molar-refractivity contribution in [2.45, 2.75) is 18.9 Å². The molecule has 1 aliphatic rings. The van der Waals surface area contributed by atoms with Crippen LogP contribution in [0.4, 0.5) is 11.4 Å². The number of hydrogen-bond donors (Lipinski definition) is 2. The molecule has 1 aromatic carbocycles. The number of carbonyl (C=O) groups excluding carboxylic acids is 1. The lowest BCUT2D eigenvalue weighted by molar-refractivity contribution is 0.0602. The van der Waals surface area contributed by atoms with Crippen LogP contribution in [0.15, 0.2) is 18.2 Å². The van der Waals surface area contributed by atoms with Crippen molar-refractivity contribution in [3.05, 3.63) is 23.8 Å². The Morgan fingerprint density at radius 3 is 2.87 bits per heavy atom. The van der Waals surface area contributed by atoms with Crippen LogP contribution in [0.3, 0.4) is 0 Å². The number of para-hydroxylation sites is 1. The highest BCUT2D eigenvalue weighted by Crippen LogP contribution is 2.29. The molecule has 1 saturated carbocycles. The first-order chi connectivity index (χ1) is 7.22. The number of rotatable bonds is 3. The third-order valence-electron chi connectivity index (χ3n) is 2.45. The molecule has 0 aliphatic heterocycles. The van der Waals surface area contributed by atoms with Crippen LogP contribution in [0.5, 0.6) is 0 Å². The summed E-state index contributed by atoms with van der Waals surface area (Å²) in [6.45, 7) is 0. The molecule has 1 aliphatic carbocycles. The predicted octanol–water partition coefficient (Wildman–Crippen LogP) is 1.63. The summed E-state index contributed by atoms with van der Waals surface area (Å²) in [6, 6.07) is 5.85. The highest BCUT2D eigenvalue weighted by Gasteiger charge is 2.22. The Balaban J connectivity index is 2.27. The van der Waals surface area contributed by atoms with Crippen molar-refractivity contribution in [1.29, 1.82) is 0 Å². The van der Waals surface area contributed by atoms with Crippen molar-refractivity contribution in [3.63, 3.8) is 0 Å². The van der Waals surface area contributed by atoms with E-state index in [1.807, 2.05) is 6.07 Å². The fourth-order valence-electron chi connectivity index (χ4n) is 1.43. The van der Waals surface area contributed by atoms with E-state index in [0.717, 1.165) is 5.69 Å². The van der Waals surface area contributed by atoms with Gasteiger partial charge in [0.05, 0.1) is 24.0 Å². The summed E-state index contributed by atoms with van der Waals surface area (Å²) < 4.78 is 4.65. The standard InChI is InChI=1S/C11H14N2O2/c1-15-11(14)8-3-2-4-9(10(8)12)13-7-5-6-7/h2-4,7,13H,5-6,12H2,1H3. The van der Waals surface area contributed by atoms with E-state index in [1.165, 1.54) is 20.0 Å². The Kier molecular flexibility index (Phi) is 2.49. The van der Waals surface area contributed by atoms with Gasteiger partial charge in [-0.25, -0.2) is 4.79 Å². The van der Waals surface area contributed by atoms with Gasteiger partial charge in [-0.05, 0) is 25.0 Å².